The van der Waals surface area contributed by atoms with Gasteiger partial charge in [-0.05, 0) is 17.7 Å². The van der Waals surface area contributed by atoms with Crippen molar-refractivity contribution in [2.75, 3.05) is 13.1 Å². The SMILES string of the molecule is NCC#Cc1ccc(CNS(=O)(=O)NCC(F)(F)F)cc1. The van der Waals surface area contributed by atoms with Crippen molar-refractivity contribution in [3.05, 3.63) is 35.4 Å². The minimum absolute atomic E-state index is 0.127. The van der Waals surface area contributed by atoms with Crippen LogP contribution in [0.25, 0.3) is 0 Å². The Balaban J connectivity index is 2.54. The van der Waals surface area contributed by atoms with E-state index in [9.17, 15) is 21.6 Å². The molecule has 4 N–H and O–H groups in total. The predicted octanol–water partition coefficient (Wildman–Crippen LogP) is 0.483. The maximum absolute atomic E-state index is 11.9. The number of hydrogen-bond acceptors (Lipinski definition) is 3. The molecule has 0 saturated carbocycles. The highest BCUT2D eigenvalue weighted by Crippen LogP contribution is 2.12. The van der Waals surface area contributed by atoms with E-state index in [4.69, 9.17) is 5.73 Å². The molecule has 0 aliphatic heterocycles. The zero-order valence-corrected chi connectivity index (χ0v) is 11.7. The van der Waals surface area contributed by atoms with Crippen molar-refractivity contribution in [1.82, 2.24) is 9.44 Å². The van der Waals surface area contributed by atoms with Crippen LogP contribution in [0.2, 0.25) is 0 Å². The maximum Gasteiger partial charge on any atom is 0.402 e. The van der Waals surface area contributed by atoms with E-state index in [2.05, 4.69) is 11.8 Å². The average Bonchev–Trinajstić information content (AvgIpc) is 2.41. The fourth-order valence-corrected chi connectivity index (χ4v) is 2.08. The summed E-state index contributed by atoms with van der Waals surface area (Å²) in [7, 11) is -4.20. The van der Waals surface area contributed by atoms with E-state index >= 15 is 0 Å². The minimum Gasteiger partial charge on any atom is -0.320 e. The Labute approximate surface area is 120 Å². The van der Waals surface area contributed by atoms with E-state index in [0.29, 0.717) is 11.1 Å². The van der Waals surface area contributed by atoms with Crippen LogP contribution in [-0.4, -0.2) is 27.7 Å². The Morgan fingerprint density at radius 2 is 1.76 bits per heavy atom. The van der Waals surface area contributed by atoms with Gasteiger partial charge in [-0.25, -0.2) is 0 Å². The van der Waals surface area contributed by atoms with Crippen LogP contribution in [0.4, 0.5) is 13.2 Å². The molecule has 0 aliphatic carbocycles. The van der Waals surface area contributed by atoms with Gasteiger partial charge in [-0.3, -0.25) is 0 Å². The van der Waals surface area contributed by atoms with Gasteiger partial charge in [-0.1, -0.05) is 24.0 Å². The van der Waals surface area contributed by atoms with Gasteiger partial charge in [0.25, 0.3) is 10.2 Å². The molecule has 0 radical (unpaired) electrons. The number of alkyl halides is 3. The van der Waals surface area contributed by atoms with Crippen LogP contribution in [0, 0.1) is 11.8 Å². The molecule has 1 rings (SSSR count). The van der Waals surface area contributed by atoms with Crippen molar-refractivity contribution in [2.45, 2.75) is 12.7 Å². The molecular formula is C12H14F3N3O2S. The molecule has 1 aromatic carbocycles. The smallest absolute Gasteiger partial charge is 0.320 e. The minimum atomic E-state index is -4.60. The molecule has 0 atom stereocenters. The van der Waals surface area contributed by atoms with Crippen molar-refractivity contribution in [1.29, 1.82) is 0 Å². The lowest BCUT2D eigenvalue weighted by Crippen LogP contribution is -2.41. The first-order valence-corrected chi connectivity index (χ1v) is 7.29. The van der Waals surface area contributed by atoms with Gasteiger partial charge in [-0.15, -0.1) is 0 Å². The van der Waals surface area contributed by atoms with Gasteiger partial charge in [0.2, 0.25) is 0 Å². The van der Waals surface area contributed by atoms with Crippen molar-refractivity contribution < 1.29 is 21.6 Å². The zero-order valence-electron chi connectivity index (χ0n) is 10.9. The molecule has 0 aromatic heterocycles. The third kappa shape index (κ3) is 7.67. The molecule has 0 aliphatic rings. The summed E-state index contributed by atoms with van der Waals surface area (Å²) in [6.45, 7) is -1.51. The first-order valence-electron chi connectivity index (χ1n) is 5.81. The van der Waals surface area contributed by atoms with E-state index < -0.39 is 22.9 Å². The Bertz CT molecular complexity index is 616. The van der Waals surface area contributed by atoms with Crippen molar-refractivity contribution in [3.63, 3.8) is 0 Å². The van der Waals surface area contributed by atoms with Crippen LogP contribution in [0.5, 0.6) is 0 Å². The van der Waals surface area contributed by atoms with Gasteiger partial charge in [0.15, 0.2) is 0 Å². The first-order chi connectivity index (χ1) is 9.72. The highest BCUT2D eigenvalue weighted by atomic mass is 32.2. The average molecular weight is 321 g/mol. The third-order valence-corrected chi connectivity index (χ3v) is 3.27. The van der Waals surface area contributed by atoms with Gasteiger partial charge in [0.1, 0.15) is 6.54 Å². The molecule has 9 heteroatoms. The quantitative estimate of drug-likeness (QED) is 0.690. The molecule has 116 valence electrons. The van der Waals surface area contributed by atoms with Crippen LogP contribution < -0.4 is 15.2 Å². The summed E-state index contributed by atoms with van der Waals surface area (Å²) >= 11 is 0. The van der Waals surface area contributed by atoms with Crippen LogP contribution in [0.3, 0.4) is 0 Å². The molecule has 0 unspecified atom stereocenters. The lowest BCUT2D eigenvalue weighted by Gasteiger charge is -2.10. The van der Waals surface area contributed by atoms with Gasteiger partial charge in [0.05, 0.1) is 6.54 Å². The molecular weight excluding hydrogens is 307 g/mol. The summed E-state index contributed by atoms with van der Waals surface area (Å²) in [5, 5.41) is 0. The first kappa shape index (κ1) is 17.5. The highest BCUT2D eigenvalue weighted by Gasteiger charge is 2.29. The van der Waals surface area contributed by atoms with Crippen LogP contribution in [0.1, 0.15) is 11.1 Å². The predicted molar refractivity (Wildman–Crippen MR) is 72.2 cm³/mol. The second-order valence-electron chi connectivity index (χ2n) is 3.96. The third-order valence-electron chi connectivity index (χ3n) is 2.22. The van der Waals surface area contributed by atoms with E-state index in [1.165, 1.54) is 4.72 Å². The Morgan fingerprint density at radius 1 is 1.14 bits per heavy atom. The molecule has 1 aromatic rings. The molecule has 0 spiro atoms. The summed E-state index contributed by atoms with van der Waals surface area (Å²) in [4.78, 5) is 0. The number of hydrogen-bond donors (Lipinski definition) is 3. The molecule has 0 heterocycles. The Hall–Kier alpha value is -1.60. The zero-order chi connectivity index (χ0) is 15.9. The molecule has 0 bridgehead atoms. The fraction of sp³-hybridized carbons (Fsp3) is 0.333. The van der Waals surface area contributed by atoms with Crippen molar-refractivity contribution >= 4 is 10.2 Å². The normalized spacial score (nSPS) is 11.8. The lowest BCUT2D eigenvalue weighted by atomic mass is 10.1. The van der Waals surface area contributed by atoms with Crippen molar-refractivity contribution in [3.8, 4) is 11.8 Å². The summed E-state index contributed by atoms with van der Waals surface area (Å²) in [5.74, 6) is 5.45. The molecule has 5 nitrogen and oxygen atoms in total. The Morgan fingerprint density at radius 3 is 2.29 bits per heavy atom. The summed E-state index contributed by atoms with van der Waals surface area (Å²) < 4.78 is 61.8. The molecule has 21 heavy (non-hydrogen) atoms. The number of halogens is 3. The van der Waals surface area contributed by atoms with E-state index in [0.717, 1.165) is 0 Å². The number of nitrogens with one attached hydrogen (secondary N) is 2. The van der Waals surface area contributed by atoms with Gasteiger partial charge < -0.3 is 5.73 Å². The van der Waals surface area contributed by atoms with E-state index in [1.54, 1.807) is 24.3 Å². The fourth-order valence-electron chi connectivity index (χ4n) is 1.27. The van der Waals surface area contributed by atoms with E-state index in [-0.39, 0.29) is 13.1 Å². The van der Waals surface area contributed by atoms with E-state index in [1.807, 2.05) is 4.72 Å². The molecule has 0 saturated heterocycles. The van der Waals surface area contributed by atoms with Crippen molar-refractivity contribution in [2.24, 2.45) is 5.73 Å². The van der Waals surface area contributed by atoms with Gasteiger partial charge >= 0.3 is 6.18 Å². The largest absolute Gasteiger partial charge is 0.402 e. The number of rotatable bonds is 5. The van der Waals surface area contributed by atoms with Crippen LogP contribution >= 0.6 is 0 Å². The summed E-state index contributed by atoms with van der Waals surface area (Å²) in [6.07, 6.45) is -4.60. The number of nitrogens with two attached hydrogens (primary N) is 1. The highest BCUT2D eigenvalue weighted by molar-refractivity contribution is 7.87. The van der Waals surface area contributed by atoms with Gasteiger partial charge in [0, 0.05) is 12.1 Å². The monoisotopic (exact) mass is 321 g/mol. The molecule has 0 amide bonds. The molecule has 0 fully saturated rings. The summed E-state index contributed by atoms with van der Waals surface area (Å²) in [6, 6.07) is 6.56. The second-order valence-corrected chi connectivity index (χ2v) is 5.55. The van der Waals surface area contributed by atoms with Crippen LogP contribution in [0.15, 0.2) is 24.3 Å². The Kier molecular flexibility index (Phi) is 6.17. The standard InChI is InChI=1S/C12H14F3N3O2S/c13-12(14,15)9-18-21(19,20)17-8-11-5-3-10(4-6-11)2-1-7-16/h3-6,17-18H,7-9,16H2. The van der Waals surface area contributed by atoms with Crippen LogP contribution in [-0.2, 0) is 16.8 Å². The lowest BCUT2D eigenvalue weighted by molar-refractivity contribution is -0.121. The number of benzene rings is 1. The van der Waals surface area contributed by atoms with Gasteiger partial charge in [-0.2, -0.15) is 31.0 Å². The second kappa shape index (κ2) is 7.42. The maximum atomic E-state index is 11.9. The summed E-state index contributed by atoms with van der Waals surface area (Å²) in [5.41, 5.74) is 6.52. The topological polar surface area (TPSA) is 84.2 Å².